The number of hydrogen-bond acceptors (Lipinski definition) is 10. The van der Waals surface area contributed by atoms with Crippen molar-refractivity contribution >= 4 is 35.8 Å². The highest BCUT2D eigenvalue weighted by molar-refractivity contribution is 5.80. The SMILES string of the molecule is NC(C(=O)O)C(CC(=O)O)C(O)C(=O)O.NC(C(=O)O)C(CC(=O)O)C(O)C(=O)O. The second-order valence-corrected chi connectivity index (χ2v) is 5.82. The zero-order chi connectivity index (χ0) is 24.3. The van der Waals surface area contributed by atoms with Gasteiger partial charge in [-0.25, -0.2) is 9.59 Å². The van der Waals surface area contributed by atoms with Crippen LogP contribution in [0.25, 0.3) is 0 Å². The summed E-state index contributed by atoms with van der Waals surface area (Å²) in [4.78, 5) is 62.2. The Morgan fingerprint density at radius 1 is 0.533 bits per heavy atom. The van der Waals surface area contributed by atoms with Crippen LogP contribution < -0.4 is 11.5 Å². The minimum absolute atomic E-state index is 0.832. The van der Waals surface area contributed by atoms with Crippen molar-refractivity contribution in [1.82, 2.24) is 0 Å². The topological polar surface area (TPSA) is 316 Å². The Morgan fingerprint density at radius 3 is 0.900 bits per heavy atom. The molecule has 0 rings (SSSR count). The van der Waals surface area contributed by atoms with E-state index in [4.69, 9.17) is 52.3 Å². The summed E-state index contributed by atoms with van der Waals surface area (Å²) in [6, 6.07) is -3.49. The van der Waals surface area contributed by atoms with Crippen LogP contribution in [-0.4, -0.2) is 101 Å². The van der Waals surface area contributed by atoms with Gasteiger partial charge in [0.2, 0.25) is 0 Å². The Bertz CT molecular complexity index is 569. The van der Waals surface area contributed by atoms with Gasteiger partial charge in [-0.05, 0) is 0 Å². The maximum absolute atomic E-state index is 10.4. The predicted molar refractivity (Wildman–Crippen MR) is 90.0 cm³/mol. The van der Waals surface area contributed by atoms with Gasteiger partial charge in [0, 0.05) is 11.8 Å². The summed E-state index contributed by atoms with van der Waals surface area (Å²) in [5, 5.41) is 68.6. The number of aliphatic hydroxyl groups excluding tert-OH is 2. The third-order valence-electron chi connectivity index (χ3n) is 3.63. The van der Waals surface area contributed by atoms with Crippen LogP contribution >= 0.6 is 0 Å². The largest absolute Gasteiger partial charge is 0.481 e. The normalized spacial score (nSPS) is 16.4. The summed E-state index contributed by atoms with van der Waals surface area (Å²) in [6.07, 6.45) is -5.90. The smallest absolute Gasteiger partial charge is 0.332 e. The highest BCUT2D eigenvalue weighted by atomic mass is 16.4. The van der Waals surface area contributed by atoms with Crippen molar-refractivity contribution in [3.63, 3.8) is 0 Å². The average molecular weight is 442 g/mol. The molecule has 12 N–H and O–H groups in total. The molecule has 172 valence electrons. The molecular formula is C14H22N2O14. The summed E-state index contributed by atoms with van der Waals surface area (Å²) in [5.41, 5.74) is 10.1. The maximum atomic E-state index is 10.4. The lowest BCUT2D eigenvalue weighted by atomic mass is 9.91. The molecule has 0 aliphatic heterocycles. The van der Waals surface area contributed by atoms with Crippen molar-refractivity contribution < 1.29 is 69.6 Å². The van der Waals surface area contributed by atoms with Gasteiger partial charge < -0.3 is 52.3 Å². The van der Waals surface area contributed by atoms with Gasteiger partial charge in [-0.1, -0.05) is 0 Å². The van der Waals surface area contributed by atoms with E-state index in [1.165, 1.54) is 0 Å². The average Bonchev–Trinajstić information content (AvgIpc) is 2.61. The minimum Gasteiger partial charge on any atom is -0.481 e. The zero-order valence-corrected chi connectivity index (χ0v) is 15.1. The van der Waals surface area contributed by atoms with E-state index in [0.717, 1.165) is 0 Å². The molecule has 0 saturated carbocycles. The monoisotopic (exact) mass is 442 g/mol. The molecule has 0 heterocycles. The summed E-state index contributed by atoms with van der Waals surface area (Å²) in [7, 11) is 0. The lowest BCUT2D eigenvalue weighted by Gasteiger charge is -2.21. The van der Waals surface area contributed by atoms with Crippen LogP contribution in [0, 0.1) is 11.8 Å². The maximum Gasteiger partial charge on any atom is 0.332 e. The first-order valence-electron chi connectivity index (χ1n) is 7.76. The zero-order valence-electron chi connectivity index (χ0n) is 15.1. The molecule has 0 aromatic rings. The fourth-order valence-corrected chi connectivity index (χ4v) is 2.01. The Balaban J connectivity index is 0. The fraction of sp³-hybridized carbons (Fsp3) is 0.571. The fourth-order valence-electron chi connectivity index (χ4n) is 2.01. The van der Waals surface area contributed by atoms with Crippen molar-refractivity contribution in [2.75, 3.05) is 0 Å². The van der Waals surface area contributed by atoms with Crippen LogP contribution in [-0.2, 0) is 28.8 Å². The Labute approximate surface area is 166 Å². The van der Waals surface area contributed by atoms with Gasteiger partial charge in [-0.2, -0.15) is 0 Å². The molecule has 0 aliphatic carbocycles. The molecule has 6 unspecified atom stereocenters. The molecule has 0 aromatic carbocycles. The molecule has 0 aromatic heterocycles. The Kier molecular flexibility index (Phi) is 12.5. The lowest BCUT2D eigenvalue weighted by molar-refractivity contribution is -0.156. The van der Waals surface area contributed by atoms with Crippen molar-refractivity contribution in [3.8, 4) is 0 Å². The lowest BCUT2D eigenvalue weighted by Crippen LogP contribution is -2.47. The van der Waals surface area contributed by atoms with Crippen molar-refractivity contribution in [1.29, 1.82) is 0 Å². The molecule has 30 heavy (non-hydrogen) atoms. The summed E-state index contributed by atoms with van der Waals surface area (Å²) in [6.45, 7) is 0. The molecule has 0 aliphatic rings. The van der Waals surface area contributed by atoms with E-state index in [-0.39, 0.29) is 0 Å². The number of hydrogen-bond donors (Lipinski definition) is 10. The highest BCUT2D eigenvalue weighted by Gasteiger charge is 2.37. The van der Waals surface area contributed by atoms with Crippen LogP contribution in [0.1, 0.15) is 12.8 Å². The van der Waals surface area contributed by atoms with Crippen LogP contribution in [0.3, 0.4) is 0 Å². The first-order valence-corrected chi connectivity index (χ1v) is 7.76. The summed E-state index contributed by atoms with van der Waals surface area (Å²) >= 11 is 0. The van der Waals surface area contributed by atoms with Crippen LogP contribution in [0.2, 0.25) is 0 Å². The molecule has 0 radical (unpaired) electrons. The molecule has 0 bridgehead atoms. The van der Waals surface area contributed by atoms with Gasteiger partial charge in [0.05, 0.1) is 12.8 Å². The van der Waals surface area contributed by atoms with Gasteiger partial charge >= 0.3 is 35.8 Å². The number of nitrogens with two attached hydrogens (primary N) is 2. The number of carboxylic acids is 6. The van der Waals surface area contributed by atoms with Crippen LogP contribution in [0.5, 0.6) is 0 Å². The summed E-state index contributed by atoms with van der Waals surface area (Å²) < 4.78 is 0. The first-order chi connectivity index (χ1) is 13.5. The number of aliphatic carboxylic acids is 6. The van der Waals surface area contributed by atoms with E-state index in [2.05, 4.69) is 0 Å². The van der Waals surface area contributed by atoms with E-state index >= 15 is 0 Å². The molecule has 16 nitrogen and oxygen atoms in total. The number of carboxylic acid groups (broad SMARTS) is 6. The van der Waals surface area contributed by atoms with Crippen molar-refractivity contribution in [3.05, 3.63) is 0 Å². The first kappa shape index (κ1) is 28.9. The molecule has 6 atom stereocenters. The molecule has 0 fully saturated rings. The highest BCUT2D eigenvalue weighted by Crippen LogP contribution is 2.15. The van der Waals surface area contributed by atoms with Crippen LogP contribution in [0.4, 0.5) is 0 Å². The Hall–Kier alpha value is -3.34. The molecule has 0 amide bonds. The van der Waals surface area contributed by atoms with Gasteiger partial charge in [0.25, 0.3) is 0 Å². The van der Waals surface area contributed by atoms with Gasteiger partial charge in [-0.3, -0.25) is 19.2 Å². The third kappa shape index (κ3) is 10.3. The Morgan fingerprint density at radius 2 is 0.767 bits per heavy atom. The number of carbonyl (C=O) groups is 6. The quantitative estimate of drug-likeness (QED) is 0.137. The minimum atomic E-state index is -2.12. The number of aliphatic hydroxyl groups is 2. The van der Waals surface area contributed by atoms with Gasteiger partial charge in [-0.15, -0.1) is 0 Å². The van der Waals surface area contributed by atoms with E-state index in [9.17, 15) is 28.8 Å². The van der Waals surface area contributed by atoms with E-state index in [1.807, 2.05) is 0 Å². The molecule has 16 heteroatoms. The number of rotatable bonds is 12. The van der Waals surface area contributed by atoms with Crippen molar-refractivity contribution in [2.24, 2.45) is 23.3 Å². The summed E-state index contributed by atoms with van der Waals surface area (Å²) in [5.74, 6) is -12.6. The molecular weight excluding hydrogens is 420 g/mol. The molecule has 0 saturated heterocycles. The van der Waals surface area contributed by atoms with Crippen LogP contribution in [0.15, 0.2) is 0 Å². The van der Waals surface area contributed by atoms with Gasteiger partial charge in [0.1, 0.15) is 12.1 Å². The van der Waals surface area contributed by atoms with Gasteiger partial charge in [0.15, 0.2) is 12.2 Å². The van der Waals surface area contributed by atoms with E-state index in [0.29, 0.717) is 0 Å². The second-order valence-electron chi connectivity index (χ2n) is 5.82. The third-order valence-corrected chi connectivity index (χ3v) is 3.63. The standard InChI is InChI=1S/2C7H11NO7/c2*8-4(6(12)13)2(1-3(9)10)5(11)7(14)15/h2*2,4-5,11H,1,8H2,(H,9,10)(H,12,13)(H,14,15). The predicted octanol–water partition coefficient (Wildman–Crippen LogP) is -4.13. The molecule has 0 spiro atoms. The van der Waals surface area contributed by atoms with E-state index in [1.54, 1.807) is 0 Å². The second kappa shape index (κ2) is 13.0. The van der Waals surface area contributed by atoms with E-state index < -0.39 is 84.8 Å². The van der Waals surface area contributed by atoms with Crippen molar-refractivity contribution in [2.45, 2.75) is 37.1 Å².